The zero-order valence-electron chi connectivity index (χ0n) is 9.34. The summed E-state index contributed by atoms with van der Waals surface area (Å²) in [5.41, 5.74) is 8.92. The van der Waals surface area contributed by atoms with Crippen LogP contribution in [0.5, 0.6) is 0 Å². The van der Waals surface area contributed by atoms with Gasteiger partial charge in [-0.1, -0.05) is 6.07 Å². The summed E-state index contributed by atoms with van der Waals surface area (Å²) in [6.45, 7) is 2.01. The maximum absolute atomic E-state index is 6.15. The highest BCUT2D eigenvalue weighted by atomic mass is 32.1. The van der Waals surface area contributed by atoms with Crippen molar-refractivity contribution >= 4 is 22.5 Å². The van der Waals surface area contributed by atoms with E-state index in [1.165, 1.54) is 0 Å². The molecule has 0 aliphatic carbocycles. The molecule has 0 aliphatic heterocycles. The number of nitrogens with zero attached hydrogens (tertiary/aromatic N) is 2. The summed E-state index contributed by atoms with van der Waals surface area (Å²) in [5.74, 6) is 0.764. The van der Waals surface area contributed by atoms with E-state index in [1.807, 2.05) is 36.7 Å². The van der Waals surface area contributed by atoms with Crippen molar-refractivity contribution in [3.63, 3.8) is 0 Å². The van der Waals surface area contributed by atoms with E-state index in [-0.39, 0.29) is 6.04 Å². The molecule has 3 aromatic rings. The second-order valence-corrected chi connectivity index (χ2v) is 4.98. The molecule has 3 N–H and O–H groups in total. The Morgan fingerprint density at radius 3 is 3.12 bits per heavy atom. The lowest BCUT2D eigenvalue weighted by Gasteiger charge is -2.04. The van der Waals surface area contributed by atoms with Crippen molar-refractivity contribution in [2.75, 3.05) is 0 Å². The van der Waals surface area contributed by atoms with E-state index in [0.717, 1.165) is 27.4 Å². The van der Waals surface area contributed by atoms with Gasteiger partial charge < -0.3 is 10.7 Å². The smallest absolute Gasteiger partial charge is 0.177 e. The Hall–Kier alpha value is -1.72. The molecule has 0 bridgehead atoms. The Kier molecular flexibility index (Phi) is 2.42. The van der Waals surface area contributed by atoms with Crippen molar-refractivity contribution in [2.24, 2.45) is 5.73 Å². The first kappa shape index (κ1) is 10.4. The lowest BCUT2D eigenvalue weighted by atomic mass is 10.2. The van der Waals surface area contributed by atoms with E-state index in [1.54, 1.807) is 11.3 Å². The minimum absolute atomic E-state index is 0.204. The molecule has 5 heteroatoms. The molecule has 86 valence electrons. The number of aromatic amines is 1. The Morgan fingerprint density at radius 2 is 2.35 bits per heavy atom. The van der Waals surface area contributed by atoms with Crippen LogP contribution in [0.2, 0.25) is 0 Å². The highest BCUT2D eigenvalue weighted by Crippen LogP contribution is 2.23. The van der Waals surface area contributed by atoms with E-state index in [0.29, 0.717) is 0 Å². The van der Waals surface area contributed by atoms with Gasteiger partial charge in [0.15, 0.2) is 5.65 Å². The van der Waals surface area contributed by atoms with Crippen molar-refractivity contribution in [1.82, 2.24) is 15.0 Å². The zero-order valence-corrected chi connectivity index (χ0v) is 10.2. The number of H-pyrrole nitrogens is 1. The highest BCUT2D eigenvalue weighted by Gasteiger charge is 2.14. The van der Waals surface area contributed by atoms with Crippen LogP contribution in [0, 0.1) is 6.92 Å². The van der Waals surface area contributed by atoms with Crippen LogP contribution in [0.15, 0.2) is 29.8 Å². The fourth-order valence-electron chi connectivity index (χ4n) is 1.77. The molecule has 0 fully saturated rings. The van der Waals surface area contributed by atoms with Crippen LogP contribution in [0.3, 0.4) is 0 Å². The second-order valence-electron chi connectivity index (χ2n) is 4.00. The fraction of sp³-hybridized carbons (Fsp3) is 0.167. The van der Waals surface area contributed by atoms with Crippen LogP contribution in [-0.2, 0) is 0 Å². The van der Waals surface area contributed by atoms with Gasteiger partial charge in [0.05, 0.1) is 11.6 Å². The number of hydrogen-bond donors (Lipinski definition) is 2. The molecule has 1 atom stereocenters. The maximum Gasteiger partial charge on any atom is 0.177 e. The van der Waals surface area contributed by atoms with Gasteiger partial charge in [-0.15, -0.1) is 11.3 Å². The standard InChI is InChI=1S/C12H12N4S/c1-7-5-8-11(14-6-7)16-12(15-8)10(13)9-3-2-4-17-9/h2-6,10H,13H2,1H3,(H,14,15,16). The van der Waals surface area contributed by atoms with Gasteiger partial charge in [-0.3, -0.25) is 0 Å². The summed E-state index contributed by atoms with van der Waals surface area (Å²) in [5, 5.41) is 2.01. The van der Waals surface area contributed by atoms with Crippen molar-refractivity contribution in [2.45, 2.75) is 13.0 Å². The van der Waals surface area contributed by atoms with Crippen molar-refractivity contribution in [3.8, 4) is 0 Å². The number of fused-ring (bicyclic) bond motifs is 1. The van der Waals surface area contributed by atoms with Crippen LogP contribution in [0.4, 0.5) is 0 Å². The van der Waals surface area contributed by atoms with Crippen LogP contribution < -0.4 is 5.73 Å². The lowest BCUT2D eigenvalue weighted by molar-refractivity contribution is 0.821. The lowest BCUT2D eigenvalue weighted by Crippen LogP contribution is -2.11. The monoisotopic (exact) mass is 244 g/mol. The van der Waals surface area contributed by atoms with E-state index in [2.05, 4.69) is 15.0 Å². The van der Waals surface area contributed by atoms with Gasteiger partial charge in [-0.05, 0) is 30.0 Å². The topological polar surface area (TPSA) is 67.6 Å². The average Bonchev–Trinajstić information content (AvgIpc) is 2.96. The van der Waals surface area contributed by atoms with E-state index in [4.69, 9.17) is 5.73 Å². The molecule has 0 spiro atoms. The van der Waals surface area contributed by atoms with Crippen molar-refractivity contribution in [1.29, 1.82) is 0 Å². The predicted molar refractivity (Wildman–Crippen MR) is 69.0 cm³/mol. The van der Waals surface area contributed by atoms with Gasteiger partial charge >= 0.3 is 0 Å². The zero-order chi connectivity index (χ0) is 11.8. The number of nitrogens with two attached hydrogens (primary N) is 1. The van der Waals surface area contributed by atoms with Gasteiger partial charge in [-0.2, -0.15) is 0 Å². The number of rotatable bonds is 2. The van der Waals surface area contributed by atoms with Crippen LogP contribution >= 0.6 is 11.3 Å². The Morgan fingerprint density at radius 1 is 1.47 bits per heavy atom. The summed E-state index contributed by atoms with van der Waals surface area (Å²) >= 11 is 1.63. The Bertz CT molecular complexity index is 642. The molecule has 0 aromatic carbocycles. The summed E-state index contributed by atoms with van der Waals surface area (Å²) < 4.78 is 0. The molecular weight excluding hydrogens is 232 g/mol. The van der Waals surface area contributed by atoms with Gasteiger partial charge in [0, 0.05) is 11.1 Å². The molecule has 0 saturated heterocycles. The molecule has 17 heavy (non-hydrogen) atoms. The molecule has 4 nitrogen and oxygen atoms in total. The quantitative estimate of drug-likeness (QED) is 0.727. The normalized spacial score (nSPS) is 13.1. The predicted octanol–water partition coefficient (Wildman–Crippen LogP) is 2.38. The van der Waals surface area contributed by atoms with Crippen LogP contribution in [0.25, 0.3) is 11.2 Å². The number of nitrogens with one attached hydrogen (secondary N) is 1. The summed E-state index contributed by atoms with van der Waals surface area (Å²) in [4.78, 5) is 13.0. The Labute approximate surface area is 103 Å². The minimum atomic E-state index is -0.204. The molecule has 0 radical (unpaired) electrons. The largest absolute Gasteiger partial charge is 0.339 e. The van der Waals surface area contributed by atoms with Crippen molar-refractivity contribution in [3.05, 3.63) is 46.0 Å². The van der Waals surface area contributed by atoms with E-state index in [9.17, 15) is 0 Å². The molecule has 3 aromatic heterocycles. The third-order valence-corrected chi connectivity index (χ3v) is 3.59. The SMILES string of the molecule is Cc1cnc2nc(C(N)c3cccs3)[nH]c2c1. The first-order chi connectivity index (χ1) is 8.24. The summed E-state index contributed by atoms with van der Waals surface area (Å²) in [6.07, 6.45) is 1.81. The van der Waals surface area contributed by atoms with Crippen LogP contribution in [-0.4, -0.2) is 15.0 Å². The van der Waals surface area contributed by atoms with Gasteiger partial charge in [0.2, 0.25) is 0 Å². The molecular formula is C12H12N4S. The number of pyridine rings is 1. The molecule has 0 saturated carbocycles. The van der Waals surface area contributed by atoms with Crippen molar-refractivity contribution < 1.29 is 0 Å². The third-order valence-electron chi connectivity index (χ3n) is 2.64. The second kappa shape index (κ2) is 3.94. The summed E-state index contributed by atoms with van der Waals surface area (Å²) in [7, 11) is 0. The first-order valence-electron chi connectivity index (χ1n) is 5.35. The number of thiophene rings is 1. The fourth-order valence-corrected chi connectivity index (χ4v) is 2.50. The molecule has 0 aliphatic rings. The van der Waals surface area contributed by atoms with E-state index < -0.39 is 0 Å². The van der Waals surface area contributed by atoms with Gasteiger partial charge in [-0.25, -0.2) is 9.97 Å². The number of imidazole rings is 1. The average molecular weight is 244 g/mol. The summed E-state index contributed by atoms with van der Waals surface area (Å²) in [6, 6.07) is 5.83. The molecule has 0 amide bonds. The highest BCUT2D eigenvalue weighted by molar-refractivity contribution is 7.10. The van der Waals surface area contributed by atoms with E-state index >= 15 is 0 Å². The van der Waals surface area contributed by atoms with Gasteiger partial charge in [0.1, 0.15) is 5.82 Å². The number of hydrogen-bond acceptors (Lipinski definition) is 4. The first-order valence-corrected chi connectivity index (χ1v) is 6.23. The molecule has 3 heterocycles. The third kappa shape index (κ3) is 1.83. The van der Waals surface area contributed by atoms with Crippen LogP contribution in [0.1, 0.15) is 22.3 Å². The molecule has 1 unspecified atom stereocenters. The van der Waals surface area contributed by atoms with Gasteiger partial charge in [0.25, 0.3) is 0 Å². The molecule has 3 rings (SSSR count). The maximum atomic E-state index is 6.15. The number of aromatic nitrogens is 3. The number of aryl methyl sites for hydroxylation is 1. The minimum Gasteiger partial charge on any atom is -0.339 e. The Balaban J connectivity index is 2.06.